The molecule has 0 amide bonds. The molecule has 0 aliphatic carbocycles. The molecule has 0 atom stereocenters. The summed E-state index contributed by atoms with van der Waals surface area (Å²) in [5.41, 5.74) is 3.45. The Balaban J connectivity index is 2.18. The van der Waals surface area contributed by atoms with Crippen molar-refractivity contribution in [2.24, 2.45) is 0 Å². The highest BCUT2D eigenvalue weighted by atomic mass is 32.1. The standard InChI is InChI=1S/C20H22N4OS/c1-5-10-21-15-9-11-22-19-16(15)17-18(26-19)20(25)24(12-23-17)14(4)8-7-13(3)6-2/h6-9,11-12H,2,5,10H2,1,3-4H3,(H,21,22)/b13-7-,14-8+. The number of thiophene rings is 1. The highest BCUT2D eigenvalue weighted by Gasteiger charge is 2.15. The maximum Gasteiger partial charge on any atom is 0.275 e. The number of hydrogen-bond donors (Lipinski definition) is 1. The Kier molecular flexibility index (Phi) is 5.32. The zero-order valence-electron chi connectivity index (χ0n) is 15.2. The van der Waals surface area contributed by atoms with Crippen molar-refractivity contribution in [3.63, 3.8) is 0 Å². The van der Waals surface area contributed by atoms with E-state index < -0.39 is 0 Å². The fourth-order valence-corrected chi connectivity index (χ4v) is 3.66. The quantitative estimate of drug-likeness (QED) is 0.635. The number of allylic oxidation sites excluding steroid dienone is 5. The molecule has 5 nitrogen and oxygen atoms in total. The van der Waals surface area contributed by atoms with Crippen molar-refractivity contribution >= 4 is 43.2 Å². The maximum absolute atomic E-state index is 13.0. The van der Waals surface area contributed by atoms with Crippen LogP contribution in [0.3, 0.4) is 0 Å². The van der Waals surface area contributed by atoms with Gasteiger partial charge in [0.1, 0.15) is 15.9 Å². The van der Waals surface area contributed by atoms with Crippen molar-refractivity contribution in [3.05, 3.63) is 59.3 Å². The molecule has 0 unspecified atom stereocenters. The predicted octanol–water partition coefficient (Wildman–Crippen LogP) is 4.82. The van der Waals surface area contributed by atoms with Gasteiger partial charge in [0.05, 0.1) is 10.9 Å². The van der Waals surface area contributed by atoms with E-state index in [9.17, 15) is 4.79 Å². The highest BCUT2D eigenvalue weighted by Crippen LogP contribution is 2.34. The predicted molar refractivity (Wildman–Crippen MR) is 112 cm³/mol. The van der Waals surface area contributed by atoms with Crippen LogP contribution in [-0.2, 0) is 0 Å². The van der Waals surface area contributed by atoms with E-state index in [0.29, 0.717) is 10.2 Å². The number of nitrogens with zero attached hydrogens (tertiary/aromatic N) is 3. The Morgan fingerprint density at radius 3 is 2.88 bits per heavy atom. The van der Waals surface area contributed by atoms with Crippen LogP contribution < -0.4 is 10.9 Å². The number of anilines is 1. The third-order valence-electron chi connectivity index (χ3n) is 4.14. The van der Waals surface area contributed by atoms with Gasteiger partial charge in [-0.2, -0.15) is 0 Å². The van der Waals surface area contributed by atoms with Crippen LogP contribution in [0.2, 0.25) is 0 Å². The smallest absolute Gasteiger partial charge is 0.275 e. The molecule has 1 N–H and O–H groups in total. The van der Waals surface area contributed by atoms with Gasteiger partial charge in [-0.1, -0.05) is 31.2 Å². The summed E-state index contributed by atoms with van der Waals surface area (Å²) in [5, 5.41) is 4.33. The molecule has 3 aromatic heterocycles. The maximum atomic E-state index is 13.0. The van der Waals surface area contributed by atoms with E-state index in [1.54, 1.807) is 23.2 Å². The molecule has 0 radical (unpaired) electrons. The number of hydrogen-bond acceptors (Lipinski definition) is 5. The zero-order chi connectivity index (χ0) is 18.7. The first-order chi connectivity index (χ1) is 12.6. The lowest BCUT2D eigenvalue weighted by Crippen LogP contribution is -2.17. The van der Waals surface area contributed by atoms with E-state index in [-0.39, 0.29) is 5.56 Å². The molecule has 0 aromatic carbocycles. The molecule has 3 rings (SSSR count). The van der Waals surface area contributed by atoms with Gasteiger partial charge in [0.15, 0.2) is 0 Å². The van der Waals surface area contributed by atoms with Gasteiger partial charge in [-0.3, -0.25) is 9.36 Å². The third kappa shape index (κ3) is 3.32. The van der Waals surface area contributed by atoms with Crippen molar-refractivity contribution in [3.8, 4) is 0 Å². The lowest BCUT2D eigenvalue weighted by molar-refractivity contribution is 0.979. The van der Waals surface area contributed by atoms with Gasteiger partial charge in [0.25, 0.3) is 5.56 Å². The van der Waals surface area contributed by atoms with Crippen LogP contribution in [-0.4, -0.2) is 21.1 Å². The average Bonchev–Trinajstić information content (AvgIpc) is 3.04. The van der Waals surface area contributed by atoms with Crippen LogP contribution in [0.1, 0.15) is 27.2 Å². The second-order valence-electron chi connectivity index (χ2n) is 6.09. The lowest BCUT2D eigenvalue weighted by Gasteiger charge is -2.07. The minimum Gasteiger partial charge on any atom is -0.384 e. The van der Waals surface area contributed by atoms with Gasteiger partial charge < -0.3 is 5.32 Å². The molecule has 0 spiro atoms. The molecule has 134 valence electrons. The van der Waals surface area contributed by atoms with Crippen LogP contribution in [0.4, 0.5) is 5.69 Å². The number of aromatic nitrogens is 3. The number of nitrogens with one attached hydrogen (secondary N) is 1. The van der Waals surface area contributed by atoms with Gasteiger partial charge in [-0.15, -0.1) is 11.3 Å². The van der Waals surface area contributed by atoms with Crippen molar-refractivity contribution < 1.29 is 0 Å². The summed E-state index contributed by atoms with van der Waals surface area (Å²) >= 11 is 1.39. The summed E-state index contributed by atoms with van der Waals surface area (Å²) in [6, 6.07) is 1.94. The minimum atomic E-state index is -0.0714. The van der Waals surface area contributed by atoms with E-state index in [1.807, 2.05) is 32.1 Å². The fraction of sp³-hybridized carbons (Fsp3) is 0.250. The van der Waals surface area contributed by atoms with Crippen molar-refractivity contribution in [2.45, 2.75) is 27.2 Å². The van der Waals surface area contributed by atoms with Crippen LogP contribution in [0.15, 0.2) is 53.8 Å². The second-order valence-corrected chi connectivity index (χ2v) is 7.09. The summed E-state index contributed by atoms with van der Waals surface area (Å²) in [4.78, 5) is 22.8. The normalized spacial score (nSPS) is 12.7. The summed E-state index contributed by atoms with van der Waals surface area (Å²) in [6.45, 7) is 10.6. The minimum absolute atomic E-state index is 0.0714. The van der Waals surface area contributed by atoms with E-state index in [0.717, 1.165) is 40.1 Å². The fourth-order valence-electron chi connectivity index (χ4n) is 2.61. The van der Waals surface area contributed by atoms with E-state index in [1.165, 1.54) is 11.3 Å². The summed E-state index contributed by atoms with van der Waals surface area (Å²) < 4.78 is 2.20. The summed E-state index contributed by atoms with van der Waals surface area (Å²) in [6.07, 6.45) is 9.98. The summed E-state index contributed by atoms with van der Waals surface area (Å²) in [7, 11) is 0. The highest BCUT2D eigenvalue weighted by molar-refractivity contribution is 7.25. The van der Waals surface area contributed by atoms with Gasteiger partial charge in [0, 0.05) is 24.1 Å². The van der Waals surface area contributed by atoms with Gasteiger partial charge >= 0.3 is 0 Å². The first kappa shape index (κ1) is 18.1. The molecule has 0 bridgehead atoms. The third-order valence-corrected chi connectivity index (χ3v) is 5.21. The molecule has 0 saturated carbocycles. The van der Waals surface area contributed by atoms with E-state index in [4.69, 9.17) is 0 Å². The molecule has 6 heteroatoms. The Labute approximate surface area is 156 Å². The first-order valence-electron chi connectivity index (χ1n) is 8.57. The first-order valence-corrected chi connectivity index (χ1v) is 9.39. The molecule has 0 fully saturated rings. The monoisotopic (exact) mass is 366 g/mol. The van der Waals surface area contributed by atoms with Crippen LogP contribution >= 0.6 is 11.3 Å². The Morgan fingerprint density at radius 2 is 2.15 bits per heavy atom. The van der Waals surface area contributed by atoms with Gasteiger partial charge in [-0.25, -0.2) is 9.97 Å². The molecule has 3 heterocycles. The molecule has 26 heavy (non-hydrogen) atoms. The van der Waals surface area contributed by atoms with Crippen LogP contribution in [0, 0.1) is 0 Å². The lowest BCUT2D eigenvalue weighted by atomic mass is 10.2. The zero-order valence-corrected chi connectivity index (χ0v) is 16.1. The second kappa shape index (κ2) is 7.66. The summed E-state index contributed by atoms with van der Waals surface area (Å²) in [5.74, 6) is 0. The van der Waals surface area contributed by atoms with E-state index >= 15 is 0 Å². The Hall–Kier alpha value is -2.73. The van der Waals surface area contributed by atoms with Gasteiger partial charge in [0.2, 0.25) is 0 Å². The molecule has 0 saturated heterocycles. The molecular weight excluding hydrogens is 344 g/mol. The largest absolute Gasteiger partial charge is 0.384 e. The van der Waals surface area contributed by atoms with Crippen LogP contribution in [0.25, 0.3) is 26.1 Å². The van der Waals surface area contributed by atoms with Crippen LogP contribution in [0.5, 0.6) is 0 Å². The molecular formula is C20H22N4OS. The average molecular weight is 366 g/mol. The SMILES string of the molecule is C=C/C(C)=C\C=C(/C)n1cnc2c(sc3nccc(NCCC)c32)c1=O. The van der Waals surface area contributed by atoms with Gasteiger partial charge in [-0.05, 0) is 32.4 Å². The Morgan fingerprint density at radius 1 is 1.35 bits per heavy atom. The molecule has 0 aliphatic rings. The molecule has 3 aromatic rings. The van der Waals surface area contributed by atoms with Crippen molar-refractivity contribution in [1.29, 1.82) is 0 Å². The van der Waals surface area contributed by atoms with Crippen molar-refractivity contribution in [1.82, 2.24) is 14.5 Å². The van der Waals surface area contributed by atoms with E-state index in [2.05, 4.69) is 28.8 Å². The topological polar surface area (TPSA) is 59.8 Å². The van der Waals surface area contributed by atoms with Crippen molar-refractivity contribution in [2.75, 3.05) is 11.9 Å². The Bertz CT molecular complexity index is 1090. The number of pyridine rings is 1. The number of rotatable bonds is 6. The molecule has 0 aliphatic heterocycles. The number of fused-ring (bicyclic) bond motifs is 3.